The van der Waals surface area contributed by atoms with Crippen molar-refractivity contribution in [3.8, 4) is 16.9 Å². The van der Waals surface area contributed by atoms with Gasteiger partial charge in [-0.2, -0.15) is 5.10 Å². The molecule has 4 aromatic rings. The highest BCUT2D eigenvalue weighted by Crippen LogP contribution is 2.26. The van der Waals surface area contributed by atoms with Crippen LogP contribution in [0.1, 0.15) is 32.2 Å². The van der Waals surface area contributed by atoms with Crippen molar-refractivity contribution in [1.29, 1.82) is 0 Å². The maximum Gasteiger partial charge on any atom is 0.156 e. The first kappa shape index (κ1) is 17.1. The van der Waals surface area contributed by atoms with Crippen molar-refractivity contribution in [3.05, 3.63) is 78.2 Å². The molecule has 0 N–H and O–H groups in total. The molecule has 0 unspecified atom stereocenters. The molecule has 0 bridgehead atoms. The van der Waals surface area contributed by atoms with Crippen LogP contribution in [0.2, 0.25) is 0 Å². The first-order valence-electron chi connectivity index (χ1n) is 8.98. The molecule has 0 aliphatic rings. The van der Waals surface area contributed by atoms with Gasteiger partial charge < -0.3 is 0 Å². The van der Waals surface area contributed by atoms with E-state index in [0.717, 1.165) is 28.3 Å². The number of nitrogens with zero attached hydrogens (tertiary/aromatic N) is 6. The van der Waals surface area contributed by atoms with Crippen molar-refractivity contribution in [2.75, 3.05) is 0 Å². The Labute approximate surface area is 158 Å². The predicted octanol–water partition coefficient (Wildman–Crippen LogP) is 3.87. The zero-order valence-electron chi connectivity index (χ0n) is 15.7. The van der Waals surface area contributed by atoms with E-state index in [4.69, 9.17) is 5.10 Å². The maximum atomic E-state index is 4.86. The summed E-state index contributed by atoms with van der Waals surface area (Å²) in [6.07, 6.45) is 2.06. The fraction of sp³-hybridized carbons (Fsp3) is 0.238. The van der Waals surface area contributed by atoms with Crippen LogP contribution >= 0.6 is 0 Å². The Morgan fingerprint density at radius 1 is 0.889 bits per heavy atom. The fourth-order valence-corrected chi connectivity index (χ4v) is 3.09. The number of para-hydroxylation sites is 1. The van der Waals surface area contributed by atoms with Crippen molar-refractivity contribution in [3.63, 3.8) is 0 Å². The van der Waals surface area contributed by atoms with E-state index in [0.29, 0.717) is 6.54 Å². The normalized spacial score (nSPS) is 11.7. The van der Waals surface area contributed by atoms with Crippen molar-refractivity contribution >= 4 is 0 Å². The molecule has 2 aromatic heterocycles. The topological polar surface area (TPSA) is 61.4 Å². The Kier molecular flexibility index (Phi) is 4.32. The standard InChI is InChI=1S/C21H22N6/c1-21(2,3)20-22-24-25-27(20)15-17-14-26(18-12-8-5-9-13-18)23-19(17)16-10-6-4-7-11-16/h4-14H,15H2,1-3H3. The minimum Gasteiger partial charge on any atom is -0.240 e. The van der Waals surface area contributed by atoms with E-state index in [1.54, 1.807) is 0 Å². The second-order valence-electron chi connectivity index (χ2n) is 7.56. The third kappa shape index (κ3) is 3.51. The van der Waals surface area contributed by atoms with Crippen LogP contribution in [0.5, 0.6) is 0 Å². The monoisotopic (exact) mass is 358 g/mol. The minimum absolute atomic E-state index is 0.133. The van der Waals surface area contributed by atoms with E-state index in [-0.39, 0.29) is 5.41 Å². The van der Waals surface area contributed by atoms with Gasteiger partial charge in [0.25, 0.3) is 0 Å². The Bertz CT molecular complexity index is 1030. The highest BCUT2D eigenvalue weighted by atomic mass is 15.5. The Morgan fingerprint density at radius 3 is 2.22 bits per heavy atom. The molecular formula is C21H22N6. The van der Waals surface area contributed by atoms with Gasteiger partial charge in [-0.05, 0) is 22.6 Å². The van der Waals surface area contributed by atoms with Gasteiger partial charge in [0.1, 0.15) is 0 Å². The lowest BCUT2D eigenvalue weighted by molar-refractivity contribution is 0.490. The van der Waals surface area contributed by atoms with Gasteiger partial charge in [0.05, 0.1) is 17.9 Å². The fourth-order valence-electron chi connectivity index (χ4n) is 3.09. The van der Waals surface area contributed by atoms with Gasteiger partial charge >= 0.3 is 0 Å². The van der Waals surface area contributed by atoms with Gasteiger partial charge in [0.15, 0.2) is 5.82 Å². The number of hydrogen-bond donors (Lipinski definition) is 0. The summed E-state index contributed by atoms with van der Waals surface area (Å²) in [6, 6.07) is 20.3. The summed E-state index contributed by atoms with van der Waals surface area (Å²) in [5, 5.41) is 17.2. The lowest BCUT2D eigenvalue weighted by Gasteiger charge is -2.17. The van der Waals surface area contributed by atoms with E-state index in [1.807, 2.05) is 57.9 Å². The summed E-state index contributed by atoms with van der Waals surface area (Å²) in [7, 11) is 0. The molecule has 4 rings (SSSR count). The molecule has 2 heterocycles. The molecule has 0 spiro atoms. The summed E-state index contributed by atoms with van der Waals surface area (Å²) in [6.45, 7) is 6.90. The van der Waals surface area contributed by atoms with Crippen LogP contribution in [-0.4, -0.2) is 30.0 Å². The second-order valence-corrected chi connectivity index (χ2v) is 7.56. The third-order valence-corrected chi connectivity index (χ3v) is 4.38. The molecule has 0 atom stereocenters. The lowest BCUT2D eigenvalue weighted by Crippen LogP contribution is -2.20. The number of rotatable bonds is 4. The highest BCUT2D eigenvalue weighted by molar-refractivity contribution is 5.63. The molecule has 0 saturated carbocycles. The van der Waals surface area contributed by atoms with Crippen LogP contribution in [0.25, 0.3) is 16.9 Å². The molecule has 0 saturated heterocycles. The molecule has 0 radical (unpaired) electrons. The van der Waals surface area contributed by atoms with Crippen LogP contribution in [0.4, 0.5) is 0 Å². The molecule has 0 amide bonds. The summed E-state index contributed by atoms with van der Waals surface area (Å²) in [4.78, 5) is 0. The molecule has 0 fully saturated rings. The Balaban J connectivity index is 1.80. The lowest BCUT2D eigenvalue weighted by atomic mass is 9.96. The number of hydrogen-bond acceptors (Lipinski definition) is 4. The zero-order chi connectivity index (χ0) is 18.9. The van der Waals surface area contributed by atoms with Crippen molar-refractivity contribution in [1.82, 2.24) is 30.0 Å². The van der Waals surface area contributed by atoms with Crippen molar-refractivity contribution in [2.24, 2.45) is 0 Å². The Hall–Kier alpha value is -3.28. The van der Waals surface area contributed by atoms with Crippen LogP contribution in [0.15, 0.2) is 66.9 Å². The summed E-state index contributed by atoms with van der Waals surface area (Å²) in [5.74, 6) is 0.856. The van der Waals surface area contributed by atoms with Crippen molar-refractivity contribution < 1.29 is 0 Å². The smallest absolute Gasteiger partial charge is 0.156 e. The molecular weight excluding hydrogens is 336 g/mol. The maximum absolute atomic E-state index is 4.86. The first-order valence-corrected chi connectivity index (χ1v) is 8.98. The molecule has 2 aromatic carbocycles. The van der Waals surface area contributed by atoms with E-state index in [2.05, 4.69) is 54.6 Å². The zero-order valence-corrected chi connectivity index (χ0v) is 15.7. The summed E-state index contributed by atoms with van der Waals surface area (Å²) >= 11 is 0. The second kappa shape index (κ2) is 6.79. The van der Waals surface area contributed by atoms with Gasteiger partial charge in [-0.1, -0.05) is 69.3 Å². The van der Waals surface area contributed by atoms with Gasteiger partial charge in [0.2, 0.25) is 0 Å². The van der Waals surface area contributed by atoms with E-state index in [1.165, 1.54) is 0 Å². The molecule has 0 aliphatic heterocycles. The number of tetrazole rings is 1. The first-order chi connectivity index (χ1) is 13.0. The average molecular weight is 358 g/mol. The van der Waals surface area contributed by atoms with Gasteiger partial charge in [-0.25, -0.2) is 9.36 Å². The van der Waals surface area contributed by atoms with E-state index >= 15 is 0 Å². The summed E-state index contributed by atoms with van der Waals surface area (Å²) in [5.41, 5.74) is 3.98. The molecule has 0 aliphatic carbocycles. The quantitative estimate of drug-likeness (QED) is 0.555. The van der Waals surface area contributed by atoms with Gasteiger partial charge in [-0.3, -0.25) is 0 Å². The van der Waals surface area contributed by atoms with Gasteiger partial charge in [-0.15, -0.1) is 5.10 Å². The number of aromatic nitrogens is 6. The van der Waals surface area contributed by atoms with Crippen LogP contribution in [0.3, 0.4) is 0 Å². The van der Waals surface area contributed by atoms with Crippen LogP contribution in [-0.2, 0) is 12.0 Å². The Morgan fingerprint density at radius 2 is 1.56 bits per heavy atom. The number of benzene rings is 2. The van der Waals surface area contributed by atoms with Gasteiger partial charge in [0, 0.05) is 22.7 Å². The minimum atomic E-state index is -0.133. The van der Waals surface area contributed by atoms with Crippen molar-refractivity contribution in [2.45, 2.75) is 32.7 Å². The third-order valence-electron chi connectivity index (χ3n) is 4.38. The van der Waals surface area contributed by atoms with E-state index < -0.39 is 0 Å². The summed E-state index contributed by atoms with van der Waals surface area (Å²) < 4.78 is 3.78. The largest absolute Gasteiger partial charge is 0.240 e. The van der Waals surface area contributed by atoms with Crippen LogP contribution < -0.4 is 0 Å². The average Bonchev–Trinajstić information content (AvgIpc) is 3.31. The molecule has 6 nitrogen and oxygen atoms in total. The van der Waals surface area contributed by atoms with Crippen LogP contribution in [0, 0.1) is 0 Å². The SMILES string of the molecule is CC(C)(C)c1nnnn1Cc1cn(-c2ccccc2)nc1-c1ccccc1. The highest BCUT2D eigenvalue weighted by Gasteiger charge is 2.23. The molecule has 6 heteroatoms. The molecule has 136 valence electrons. The molecule has 27 heavy (non-hydrogen) atoms. The predicted molar refractivity (Wildman–Crippen MR) is 105 cm³/mol. The van der Waals surface area contributed by atoms with E-state index in [9.17, 15) is 0 Å².